The van der Waals surface area contributed by atoms with Crippen molar-refractivity contribution in [3.63, 3.8) is 0 Å². The minimum absolute atomic E-state index is 1.25. The van der Waals surface area contributed by atoms with Gasteiger partial charge in [0.05, 0.1) is 0 Å². The normalized spacial score (nSPS) is 15.4. The molecule has 2 aromatic carbocycles. The molecule has 0 aliphatic carbocycles. The molecule has 0 bridgehead atoms. The van der Waals surface area contributed by atoms with Crippen LogP contribution in [0.1, 0.15) is 0 Å². The Morgan fingerprint density at radius 1 is 0.786 bits per heavy atom. The second-order valence-electron chi connectivity index (χ2n) is 3.34. The number of fused-ring (bicyclic) bond motifs is 2. The van der Waals surface area contributed by atoms with Crippen molar-refractivity contribution < 1.29 is 0 Å². The van der Waals surface area contributed by atoms with E-state index in [-0.39, 0.29) is 0 Å². The minimum Gasteiger partial charge on any atom is -0.124 e. The van der Waals surface area contributed by atoms with Crippen LogP contribution < -0.4 is 0 Å². The SMILES string of the molecule is c1ccc2cc3c(cc2c1)SCCS3. The Morgan fingerprint density at radius 2 is 1.29 bits per heavy atom. The van der Waals surface area contributed by atoms with Crippen LogP contribution in [0.4, 0.5) is 0 Å². The third kappa shape index (κ3) is 1.43. The molecule has 0 fully saturated rings. The zero-order valence-corrected chi connectivity index (χ0v) is 9.33. The maximum Gasteiger partial charge on any atom is 0.0215 e. The number of rotatable bonds is 0. The van der Waals surface area contributed by atoms with E-state index in [4.69, 9.17) is 0 Å². The Labute approximate surface area is 92.1 Å². The number of hydrogen-bond donors (Lipinski definition) is 0. The van der Waals surface area contributed by atoms with Crippen molar-refractivity contribution in [3.8, 4) is 0 Å². The smallest absolute Gasteiger partial charge is 0.0215 e. The molecule has 1 heterocycles. The van der Waals surface area contributed by atoms with Crippen LogP contribution in [0.5, 0.6) is 0 Å². The first-order chi connectivity index (χ1) is 6.93. The van der Waals surface area contributed by atoms with Gasteiger partial charge in [0.25, 0.3) is 0 Å². The molecule has 0 spiro atoms. The summed E-state index contributed by atoms with van der Waals surface area (Å²) in [6, 6.07) is 13.2. The maximum absolute atomic E-state index is 2.32. The quantitative estimate of drug-likeness (QED) is 0.654. The predicted molar refractivity (Wildman–Crippen MR) is 65.4 cm³/mol. The lowest BCUT2D eigenvalue weighted by Gasteiger charge is -2.15. The number of benzene rings is 2. The number of thioether (sulfide) groups is 2. The maximum atomic E-state index is 2.32. The molecule has 0 unspecified atom stereocenters. The van der Waals surface area contributed by atoms with Gasteiger partial charge in [-0.3, -0.25) is 0 Å². The van der Waals surface area contributed by atoms with Gasteiger partial charge >= 0.3 is 0 Å². The molecule has 0 atom stereocenters. The lowest BCUT2D eigenvalue weighted by atomic mass is 10.1. The van der Waals surface area contributed by atoms with Crippen LogP contribution in [-0.4, -0.2) is 11.5 Å². The van der Waals surface area contributed by atoms with Crippen molar-refractivity contribution in [2.24, 2.45) is 0 Å². The first-order valence-electron chi connectivity index (χ1n) is 4.72. The van der Waals surface area contributed by atoms with Crippen LogP contribution in [0.2, 0.25) is 0 Å². The van der Waals surface area contributed by atoms with Crippen molar-refractivity contribution in [2.75, 3.05) is 11.5 Å². The van der Waals surface area contributed by atoms with Crippen LogP contribution in [0.25, 0.3) is 10.8 Å². The van der Waals surface area contributed by atoms with Gasteiger partial charge in [0.2, 0.25) is 0 Å². The van der Waals surface area contributed by atoms with E-state index in [1.54, 1.807) is 0 Å². The highest BCUT2D eigenvalue weighted by molar-refractivity contribution is 8.05. The molecule has 0 amide bonds. The monoisotopic (exact) mass is 218 g/mol. The highest BCUT2D eigenvalue weighted by Crippen LogP contribution is 2.38. The van der Waals surface area contributed by atoms with E-state index < -0.39 is 0 Å². The first kappa shape index (κ1) is 8.69. The summed E-state index contributed by atoms with van der Waals surface area (Å²) in [6.45, 7) is 0. The van der Waals surface area contributed by atoms with E-state index in [2.05, 4.69) is 36.4 Å². The van der Waals surface area contributed by atoms with Gasteiger partial charge in [-0.25, -0.2) is 0 Å². The summed E-state index contributed by atoms with van der Waals surface area (Å²) in [7, 11) is 0. The van der Waals surface area contributed by atoms with Crippen molar-refractivity contribution >= 4 is 34.3 Å². The van der Waals surface area contributed by atoms with E-state index >= 15 is 0 Å². The van der Waals surface area contributed by atoms with Gasteiger partial charge in [0, 0.05) is 21.3 Å². The predicted octanol–water partition coefficient (Wildman–Crippen LogP) is 4.04. The van der Waals surface area contributed by atoms with E-state index in [0.717, 1.165) is 0 Å². The summed E-state index contributed by atoms with van der Waals surface area (Å²) in [4.78, 5) is 2.92. The van der Waals surface area contributed by atoms with Crippen molar-refractivity contribution in [2.45, 2.75) is 9.79 Å². The van der Waals surface area contributed by atoms with E-state index in [9.17, 15) is 0 Å². The van der Waals surface area contributed by atoms with Crippen molar-refractivity contribution in [3.05, 3.63) is 36.4 Å². The standard InChI is InChI=1S/C12H10S2/c1-2-4-10-8-12-11(7-9(10)3-1)13-5-6-14-12/h1-4,7-8H,5-6H2. The van der Waals surface area contributed by atoms with Crippen LogP contribution in [0.15, 0.2) is 46.2 Å². The topological polar surface area (TPSA) is 0 Å². The average molecular weight is 218 g/mol. The third-order valence-electron chi connectivity index (χ3n) is 2.41. The van der Waals surface area contributed by atoms with Gasteiger partial charge in [0.1, 0.15) is 0 Å². The molecule has 0 radical (unpaired) electrons. The Hall–Kier alpha value is -0.600. The minimum atomic E-state index is 1.25. The van der Waals surface area contributed by atoms with Crippen LogP contribution in [0.3, 0.4) is 0 Å². The van der Waals surface area contributed by atoms with E-state index in [1.807, 2.05) is 23.5 Å². The second-order valence-corrected chi connectivity index (χ2v) is 5.62. The molecule has 0 aromatic heterocycles. The van der Waals surface area contributed by atoms with Gasteiger partial charge in [-0.2, -0.15) is 0 Å². The largest absolute Gasteiger partial charge is 0.124 e. The van der Waals surface area contributed by atoms with E-state index in [0.29, 0.717) is 0 Å². The van der Waals surface area contributed by atoms with Gasteiger partial charge in [-0.1, -0.05) is 24.3 Å². The Bertz CT molecular complexity index is 432. The highest BCUT2D eigenvalue weighted by atomic mass is 32.2. The van der Waals surface area contributed by atoms with Crippen LogP contribution >= 0.6 is 23.5 Å². The summed E-state index contributed by atoms with van der Waals surface area (Å²) >= 11 is 3.97. The van der Waals surface area contributed by atoms with Crippen LogP contribution in [-0.2, 0) is 0 Å². The first-order valence-corrected chi connectivity index (χ1v) is 6.69. The molecule has 14 heavy (non-hydrogen) atoms. The van der Waals surface area contributed by atoms with Gasteiger partial charge in [0.15, 0.2) is 0 Å². The molecule has 2 aromatic rings. The zero-order chi connectivity index (χ0) is 9.38. The number of hydrogen-bond acceptors (Lipinski definition) is 2. The fourth-order valence-electron chi connectivity index (χ4n) is 1.73. The third-order valence-corrected chi connectivity index (χ3v) is 4.91. The Balaban J connectivity index is 2.27. The zero-order valence-electron chi connectivity index (χ0n) is 7.69. The fraction of sp³-hybridized carbons (Fsp3) is 0.167. The van der Waals surface area contributed by atoms with Crippen molar-refractivity contribution in [1.29, 1.82) is 0 Å². The molecule has 0 saturated heterocycles. The second kappa shape index (κ2) is 3.52. The summed E-state index contributed by atoms with van der Waals surface area (Å²) in [6.07, 6.45) is 0. The summed E-state index contributed by atoms with van der Waals surface area (Å²) in [5.41, 5.74) is 0. The van der Waals surface area contributed by atoms with Gasteiger partial charge < -0.3 is 0 Å². The fourth-order valence-corrected chi connectivity index (χ4v) is 4.01. The molecule has 0 nitrogen and oxygen atoms in total. The van der Waals surface area contributed by atoms with Crippen LogP contribution in [0, 0.1) is 0 Å². The molecule has 1 aliphatic rings. The molecule has 0 saturated carbocycles. The Morgan fingerprint density at radius 3 is 1.79 bits per heavy atom. The molecule has 70 valence electrons. The molecule has 1 aliphatic heterocycles. The molecular weight excluding hydrogens is 208 g/mol. The van der Waals surface area contributed by atoms with Crippen molar-refractivity contribution in [1.82, 2.24) is 0 Å². The molecular formula is C12H10S2. The molecule has 0 N–H and O–H groups in total. The van der Waals surface area contributed by atoms with E-state index in [1.165, 1.54) is 32.1 Å². The Kier molecular flexibility index (Phi) is 2.18. The molecule has 2 heteroatoms. The average Bonchev–Trinajstić information content (AvgIpc) is 2.26. The lowest BCUT2D eigenvalue weighted by molar-refractivity contribution is 1.25. The van der Waals surface area contributed by atoms with Gasteiger partial charge in [-0.15, -0.1) is 23.5 Å². The summed E-state index contributed by atoms with van der Waals surface area (Å²) in [5.74, 6) is 2.49. The summed E-state index contributed by atoms with van der Waals surface area (Å²) < 4.78 is 0. The molecule has 3 rings (SSSR count). The summed E-state index contributed by atoms with van der Waals surface area (Å²) in [5, 5.41) is 2.72. The lowest BCUT2D eigenvalue weighted by Crippen LogP contribution is -1.93. The van der Waals surface area contributed by atoms with Gasteiger partial charge in [-0.05, 0) is 22.9 Å². The highest BCUT2D eigenvalue weighted by Gasteiger charge is 2.10.